The summed E-state index contributed by atoms with van der Waals surface area (Å²) in [5.41, 5.74) is 7.35. The van der Waals surface area contributed by atoms with Crippen LogP contribution in [0.4, 0.5) is 28.9 Å². The van der Waals surface area contributed by atoms with Crippen molar-refractivity contribution in [1.82, 2.24) is 0 Å². The Kier molecular flexibility index (Phi) is 4.44. The molecule has 1 saturated carbocycles. The van der Waals surface area contributed by atoms with Crippen LogP contribution >= 0.6 is 0 Å². The minimum absolute atomic E-state index is 0.161. The average Bonchev–Trinajstić information content (AvgIpc) is 2.54. The number of hydrogen-bond acceptors (Lipinski definition) is 7. The molecular weight excluding hydrogens is 372 g/mol. The number of anilines is 1. The van der Waals surface area contributed by atoms with E-state index >= 15 is 0 Å². The number of nitro benzene ring substituents is 1. The molecule has 1 aromatic carbocycles. The predicted octanol–water partition coefficient (Wildman–Crippen LogP) is 2.86. The molecule has 1 spiro atoms. The van der Waals surface area contributed by atoms with Gasteiger partial charge in [-0.3, -0.25) is 15.0 Å². The van der Waals surface area contributed by atoms with Gasteiger partial charge in [0, 0.05) is 0 Å². The Balaban J connectivity index is 2.26. The molecule has 1 fully saturated rings. The highest BCUT2D eigenvalue weighted by atomic mass is 19.4. The Morgan fingerprint density at radius 2 is 1.81 bits per heavy atom. The fourth-order valence-electron chi connectivity index (χ4n) is 3.56. The third kappa shape index (κ3) is 3.26. The molecule has 12 heteroatoms. The van der Waals surface area contributed by atoms with Crippen molar-refractivity contribution < 1.29 is 22.5 Å². The quantitative estimate of drug-likeness (QED) is 0.458. The van der Waals surface area contributed by atoms with Gasteiger partial charge in [0.15, 0.2) is 0 Å². The molecule has 2 aliphatic rings. The lowest BCUT2D eigenvalue weighted by Gasteiger charge is -2.45. The first-order valence-electron chi connectivity index (χ1n) is 8.10. The maximum atomic E-state index is 13.9. The van der Waals surface area contributed by atoms with Crippen LogP contribution in [0.25, 0.3) is 0 Å². The van der Waals surface area contributed by atoms with E-state index in [1.165, 1.54) is 0 Å². The predicted molar refractivity (Wildman–Crippen MR) is 89.6 cm³/mol. The van der Waals surface area contributed by atoms with Crippen LogP contribution in [0.15, 0.2) is 22.1 Å². The van der Waals surface area contributed by atoms with Crippen LogP contribution in [-0.4, -0.2) is 22.5 Å². The van der Waals surface area contributed by atoms with Crippen LogP contribution in [-0.2, 0) is 6.18 Å². The number of aliphatic imine (C=N–C) groups is 2. The zero-order valence-electron chi connectivity index (χ0n) is 14.0. The minimum Gasteiger partial charge on any atom is -0.369 e. The minimum atomic E-state index is -5.04. The summed E-state index contributed by atoms with van der Waals surface area (Å²) >= 11 is 0. The van der Waals surface area contributed by atoms with Crippen LogP contribution in [0.3, 0.4) is 0 Å². The molecule has 0 atom stereocenters. The van der Waals surface area contributed by atoms with Crippen LogP contribution in [0, 0.1) is 15.9 Å². The van der Waals surface area contributed by atoms with Crippen molar-refractivity contribution in [2.75, 3.05) is 4.90 Å². The molecule has 3 rings (SSSR count). The van der Waals surface area contributed by atoms with E-state index in [1.807, 2.05) is 0 Å². The molecule has 8 nitrogen and oxygen atoms in total. The second-order valence-corrected chi connectivity index (χ2v) is 6.39. The van der Waals surface area contributed by atoms with E-state index in [0.29, 0.717) is 31.7 Å². The number of nitrogens with two attached hydrogens (primary N) is 2. The van der Waals surface area contributed by atoms with Crippen molar-refractivity contribution in [2.24, 2.45) is 21.5 Å². The lowest BCUT2D eigenvalue weighted by molar-refractivity contribution is -0.384. The maximum Gasteiger partial charge on any atom is 0.419 e. The van der Waals surface area contributed by atoms with Crippen LogP contribution in [0.5, 0.6) is 0 Å². The van der Waals surface area contributed by atoms with E-state index in [1.54, 1.807) is 0 Å². The Morgan fingerprint density at radius 1 is 1.19 bits per heavy atom. The van der Waals surface area contributed by atoms with Gasteiger partial charge in [0.05, 0.1) is 16.6 Å². The highest BCUT2D eigenvalue weighted by Gasteiger charge is 2.46. The van der Waals surface area contributed by atoms with E-state index in [-0.39, 0.29) is 18.0 Å². The van der Waals surface area contributed by atoms with Gasteiger partial charge in [0.25, 0.3) is 5.69 Å². The summed E-state index contributed by atoms with van der Waals surface area (Å²) in [6.45, 7) is 0. The van der Waals surface area contributed by atoms with Crippen molar-refractivity contribution in [3.05, 3.63) is 33.6 Å². The molecule has 4 N–H and O–H groups in total. The third-order valence-electron chi connectivity index (χ3n) is 4.66. The molecular formula is C15H16F4N6O2. The summed E-state index contributed by atoms with van der Waals surface area (Å²) in [4.78, 5) is 19.5. The van der Waals surface area contributed by atoms with Crippen molar-refractivity contribution in [3.8, 4) is 0 Å². The van der Waals surface area contributed by atoms with Gasteiger partial charge in [-0.2, -0.15) is 18.2 Å². The standard InChI is InChI=1S/C15H16F4N6O2/c16-9-7-11(25(26)27)10(6-8(9)15(17,18)19)24-13(21)22-12(20)23-14(24)4-2-1-3-5-14/h6-7H,1-5H2,(H4,20,21,22,23). The second kappa shape index (κ2) is 6.35. The van der Waals surface area contributed by atoms with Gasteiger partial charge < -0.3 is 11.5 Å². The zero-order chi connectivity index (χ0) is 20.0. The van der Waals surface area contributed by atoms with E-state index in [4.69, 9.17) is 11.5 Å². The Hall–Kier alpha value is -2.92. The normalized spacial score (nSPS) is 19.6. The summed E-state index contributed by atoms with van der Waals surface area (Å²) in [7, 11) is 0. The lowest BCUT2D eigenvalue weighted by atomic mass is 9.87. The van der Waals surface area contributed by atoms with E-state index in [2.05, 4.69) is 9.98 Å². The van der Waals surface area contributed by atoms with Crippen LogP contribution < -0.4 is 16.4 Å². The monoisotopic (exact) mass is 388 g/mol. The SMILES string of the molecule is NC1=NC2(CCCCC2)N(c2cc(C(F)(F)F)c(F)cc2[N+](=O)[O-])C(N)=N1. The molecule has 1 heterocycles. The van der Waals surface area contributed by atoms with E-state index < -0.39 is 39.5 Å². The largest absolute Gasteiger partial charge is 0.419 e. The first kappa shape index (κ1) is 18.9. The summed E-state index contributed by atoms with van der Waals surface area (Å²) in [5, 5.41) is 11.4. The molecule has 0 radical (unpaired) electrons. The Morgan fingerprint density at radius 3 is 2.37 bits per heavy atom. The number of hydrogen-bond donors (Lipinski definition) is 2. The molecule has 146 valence electrons. The van der Waals surface area contributed by atoms with Crippen molar-refractivity contribution in [1.29, 1.82) is 0 Å². The fraction of sp³-hybridized carbons (Fsp3) is 0.467. The van der Waals surface area contributed by atoms with Gasteiger partial charge in [-0.1, -0.05) is 6.42 Å². The molecule has 0 aromatic heterocycles. The fourth-order valence-corrected chi connectivity index (χ4v) is 3.56. The Labute approximate surface area is 150 Å². The van der Waals surface area contributed by atoms with E-state index in [0.717, 1.165) is 11.3 Å². The van der Waals surface area contributed by atoms with Gasteiger partial charge in [0.2, 0.25) is 11.9 Å². The number of benzene rings is 1. The zero-order valence-corrected chi connectivity index (χ0v) is 14.0. The molecule has 27 heavy (non-hydrogen) atoms. The third-order valence-corrected chi connectivity index (χ3v) is 4.66. The second-order valence-electron chi connectivity index (χ2n) is 6.39. The van der Waals surface area contributed by atoms with Crippen molar-refractivity contribution >= 4 is 23.3 Å². The number of rotatable bonds is 2. The van der Waals surface area contributed by atoms with Gasteiger partial charge in [-0.15, -0.1) is 0 Å². The smallest absolute Gasteiger partial charge is 0.369 e. The Bertz CT molecular complexity index is 845. The highest BCUT2D eigenvalue weighted by molar-refractivity contribution is 6.06. The molecule has 1 aliphatic carbocycles. The number of nitrogens with zero attached hydrogens (tertiary/aromatic N) is 4. The molecule has 1 aromatic rings. The molecule has 0 saturated heterocycles. The first-order valence-corrected chi connectivity index (χ1v) is 8.10. The number of nitro groups is 1. The maximum absolute atomic E-state index is 13.9. The van der Waals surface area contributed by atoms with Crippen LogP contribution in [0.2, 0.25) is 0 Å². The van der Waals surface area contributed by atoms with E-state index in [9.17, 15) is 27.7 Å². The van der Waals surface area contributed by atoms with Gasteiger partial charge in [-0.25, -0.2) is 9.38 Å². The summed E-state index contributed by atoms with van der Waals surface area (Å²) in [6.07, 6.45) is -2.12. The number of alkyl halides is 3. The topological polar surface area (TPSA) is 123 Å². The summed E-state index contributed by atoms with van der Waals surface area (Å²) in [6, 6.07) is 0.618. The number of guanidine groups is 2. The summed E-state index contributed by atoms with van der Waals surface area (Å²) in [5.74, 6) is -2.23. The highest BCUT2D eigenvalue weighted by Crippen LogP contribution is 2.45. The summed E-state index contributed by atoms with van der Waals surface area (Å²) < 4.78 is 53.4. The molecule has 0 amide bonds. The van der Waals surface area contributed by atoms with Crippen molar-refractivity contribution in [2.45, 2.75) is 43.9 Å². The number of halogens is 4. The van der Waals surface area contributed by atoms with Gasteiger partial charge in [0.1, 0.15) is 17.2 Å². The van der Waals surface area contributed by atoms with Gasteiger partial charge >= 0.3 is 6.18 Å². The molecule has 1 aliphatic heterocycles. The molecule has 0 bridgehead atoms. The molecule has 0 unspecified atom stereocenters. The van der Waals surface area contributed by atoms with Crippen molar-refractivity contribution in [3.63, 3.8) is 0 Å². The van der Waals surface area contributed by atoms with Gasteiger partial charge in [-0.05, 0) is 31.7 Å². The first-order chi connectivity index (χ1) is 12.5. The average molecular weight is 388 g/mol. The lowest BCUT2D eigenvalue weighted by Crippen LogP contribution is -2.58. The van der Waals surface area contributed by atoms with Crippen LogP contribution in [0.1, 0.15) is 37.7 Å².